The molecule has 5 nitrogen and oxygen atoms in total. The first-order valence-corrected chi connectivity index (χ1v) is 9.09. The molecule has 0 radical (unpaired) electrons. The highest BCUT2D eigenvalue weighted by molar-refractivity contribution is 7.91. The summed E-state index contributed by atoms with van der Waals surface area (Å²) >= 11 is 1.12. The summed E-state index contributed by atoms with van der Waals surface area (Å²) in [6.45, 7) is 0. The number of benzene rings is 1. The van der Waals surface area contributed by atoms with Crippen molar-refractivity contribution >= 4 is 26.5 Å². The quantitative estimate of drug-likeness (QED) is 0.934. The van der Waals surface area contributed by atoms with Crippen LogP contribution in [0.5, 0.6) is 0 Å². The van der Waals surface area contributed by atoms with Gasteiger partial charge in [0.25, 0.3) is 0 Å². The van der Waals surface area contributed by atoms with E-state index in [2.05, 4.69) is 34.1 Å². The van der Waals surface area contributed by atoms with Crippen molar-refractivity contribution in [3.63, 3.8) is 0 Å². The van der Waals surface area contributed by atoms with Gasteiger partial charge in [0.2, 0.25) is 10.0 Å². The third-order valence-corrected chi connectivity index (χ3v) is 6.42. The summed E-state index contributed by atoms with van der Waals surface area (Å²) in [5.41, 5.74) is 2.77. The van der Waals surface area contributed by atoms with Gasteiger partial charge in [-0.1, -0.05) is 35.6 Å². The Hall–Kier alpha value is -1.44. The first kappa shape index (κ1) is 14.5. The smallest absolute Gasteiger partial charge is 0.249 e. The molecule has 0 aliphatic heterocycles. The van der Waals surface area contributed by atoms with Gasteiger partial charge in [-0.25, -0.2) is 18.5 Å². The van der Waals surface area contributed by atoms with Crippen molar-refractivity contribution in [2.45, 2.75) is 29.5 Å². The van der Waals surface area contributed by atoms with Crippen LogP contribution in [0.3, 0.4) is 0 Å². The van der Waals surface area contributed by atoms with Crippen LogP contribution in [0.1, 0.15) is 17.5 Å². The van der Waals surface area contributed by atoms with Crippen molar-refractivity contribution in [1.82, 2.24) is 4.98 Å². The van der Waals surface area contributed by atoms with Crippen LogP contribution in [0.2, 0.25) is 0 Å². The Morgan fingerprint density at radius 2 is 2.05 bits per heavy atom. The second-order valence-corrected chi connectivity index (χ2v) is 8.08. The summed E-state index contributed by atoms with van der Waals surface area (Å²) in [5.74, 6) is 0. The van der Waals surface area contributed by atoms with E-state index in [0.29, 0.717) is 11.2 Å². The third-order valence-electron chi connectivity index (χ3n) is 3.92. The summed E-state index contributed by atoms with van der Waals surface area (Å²) in [7, 11) is -1.70. The third kappa shape index (κ3) is 2.95. The Labute approximate surface area is 128 Å². The predicted molar refractivity (Wildman–Crippen MR) is 84.1 cm³/mol. The van der Waals surface area contributed by atoms with Gasteiger partial charge < -0.3 is 4.90 Å². The fourth-order valence-electron chi connectivity index (χ4n) is 2.71. The predicted octanol–water partition coefficient (Wildman–Crippen LogP) is 1.78. The number of rotatable bonds is 3. The Morgan fingerprint density at radius 1 is 1.33 bits per heavy atom. The molecular formula is C14H17N3O2S2. The maximum Gasteiger partial charge on any atom is 0.249 e. The first-order valence-electron chi connectivity index (χ1n) is 6.73. The number of hydrogen-bond acceptors (Lipinski definition) is 5. The molecule has 0 bridgehead atoms. The number of likely N-dealkylation sites (N-methyl/N-ethyl adjacent to an activating group) is 1. The van der Waals surface area contributed by atoms with Crippen molar-refractivity contribution in [2.24, 2.45) is 5.14 Å². The standard InChI is InChI=1S/C14H17N3O2S2/c1-17(14-16-9-13(20-14)21(15,18)19)12-7-6-10-4-2-3-5-11(10)8-12/h2-5,9,12H,6-8H2,1H3,(H2,15,18,19)/t12-/m1/s1. The summed E-state index contributed by atoms with van der Waals surface area (Å²) < 4.78 is 22.8. The lowest BCUT2D eigenvalue weighted by atomic mass is 9.88. The van der Waals surface area contributed by atoms with Gasteiger partial charge >= 0.3 is 0 Å². The van der Waals surface area contributed by atoms with Crippen LogP contribution in [0.15, 0.2) is 34.7 Å². The highest BCUT2D eigenvalue weighted by Gasteiger charge is 2.24. The largest absolute Gasteiger partial charge is 0.348 e. The van der Waals surface area contributed by atoms with E-state index in [-0.39, 0.29) is 4.21 Å². The topological polar surface area (TPSA) is 76.3 Å². The molecule has 1 aromatic carbocycles. The molecule has 0 unspecified atom stereocenters. The molecule has 1 heterocycles. The van der Waals surface area contributed by atoms with Gasteiger partial charge in [-0.3, -0.25) is 0 Å². The molecule has 0 fully saturated rings. The number of hydrogen-bond donors (Lipinski definition) is 1. The van der Waals surface area contributed by atoms with Crippen molar-refractivity contribution < 1.29 is 8.42 Å². The van der Waals surface area contributed by atoms with E-state index in [1.165, 1.54) is 17.3 Å². The second-order valence-electron chi connectivity index (χ2n) is 5.28. The SMILES string of the molecule is CN(c1ncc(S(N)(=O)=O)s1)[C@@H]1CCc2ccccc2C1. The Morgan fingerprint density at radius 3 is 2.71 bits per heavy atom. The van der Waals surface area contributed by atoms with Crippen molar-refractivity contribution in [3.05, 3.63) is 41.6 Å². The monoisotopic (exact) mass is 323 g/mol. The van der Waals surface area contributed by atoms with Crippen LogP contribution in [0.25, 0.3) is 0 Å². The average Bonchev–Trinajstić information content (AvgIpc) is 2.96. The molecule has 3 rings (SSSR count). The number of aromatic nitrogens is 1. The summed E-state index contributed by atoms with van der Waals surface area (Å²) in [6, 6.07) is 8.80. The maximum absolute atomic E-state index is 11.3. The normalized spacial score (nSPS) is 18.3. The van der Waals surface area contributed by atoms with Gasteiger partial charge in [0.05, 0.1) is 6.20 Å². The van der Waals surface area contributed by atoms with Gasteiger partial charge in [-0.15, -0.1) is 0 Å². The molecule has 0 saturated heterocycles. The second kappa shape index (κ2) is 5.40. The molecule has 0 spiro atoms. The number of primary sulfonamides is 1. The van der Waals surface area contributed by atoms with Crippen LogP contribution in [-0.4, -0.2) is 26.5 Å². The van der Waals surface area contributed by atoms with E-state index in [9.17, 15) is 8.42 Å². The zero-order valence-electron chi connectivity index (χ0n) is 11.7. The van der Waals surface area contributed by atoms with E-state index in [1.54, 1.807) is 0 Å². The lowest BCUT2D eigenvalue weighted by Gasteiger charge is -2.32. The molecule has 2 aromatic rings. The Bertz CT molecular complexity index is 755. The zero-order chi connectivity index (χ0) is 15.0. The fraction of sp³-hybridized carbons (Fsp3) is 0.357. The molecule has 1 aliphatic rings. The van der Waals surface area contributed by atoms with Crippen molar-refractivity contribution in [2.75, 3.05) is 11.9 Å². The van der Waals surface area contributed by atoms with Crippen molar-refractivity contribution in [1.29, 1.82) is 0 Å². The molecule has 7 heteroatoms. The van der Waals surface area contributed by atoms with E-state index in [0.717, 1.165) is 30.6 Å². The number of fused-ring (bicyclic) bond motifs is 1. The van der Waals surface area contributed by atoms with Crippen LogP contribution < -0.4 is 10.0 Å². The van der Waals surface area contributed by atoms with Crippen molar-refractivity contribution in [3.8, 4) is 0 Å². The average molecular weight is 323 g/mol. The number of nitrogens with two attached hydrogens (primary N) is 1. The van der Waals surface area contributed by atoms with E-state index in [1.807, 2.05) is 7.05 Å². The lowest BCUT2D eigenvalue weighted by Crippen LogP contribution is -2.36. The molecule has 1 aliphatic carbocycles. The molecule has 0 saturated carbocycles. The van der Waals surface area contributed by atoms with E-state index in [4.69, 9.17) is 5.14 Å². The summed E-state index contributed by atoms with van der Waals surface area (Å²) in [5, 5.41) is 5.83. The molecular weight excluding hydrogens is 306 g/mol. The number of thiazole rings is 1. The van der Waals surface area contributed by atoms with E-state index < -0.39 is 10.0 Å². The zero-order valence-corrected chi connectivity index (χ0v) is 13.3. The Balaban J connectivity index is 1.81. The summed E-state index contributed by atoms with van der Waals surface area (Å²) in [6.07, 6.45) is 4.37. The maximum atomic E-state index is 11.3. The molecule has 1 aromatic heterocycles. The molecule has 0 amide bonds. The fourth-order valence-corrected chi connectivity index (χ4v) is 4.28. The minimum Gasteiger partial charge on any atom is -0.348 e. The van der Waals surface area contributed by atoms with Crippen LogP contribution in [-0.2, 0) is 22.9 Å². The van der Waals surface area contributed by atoms with Crippen LogP contribution >= 0.6 is 11.3 Å². The van der Waals surface area contributed by atoms with Crippen LogP contribution in [0, 0.1) is 0 Å². The minimum atomic E-state index is -3.67. The first-order chi connectivity index (χ1) is 9.95. The van der Waals surface area contributed by atoms with Gasteiger partial charge in [0.15, 0.2) is 9.34 Å². The number of anilines is 1. The van der Waals surface area contributed by atoms with Gasteiger partial charge in [-0.05, 0) is 30.4 Å². The van der Waals surface area contributed by atoms with E-state index >= 15 is 0 Å². The van der Waals surface area contributed by atoms with Gasteiger partial charge in [0, 0.05) is 13.1 Å². The van der Waals surface area contributed by atoms with Gasteiger partial charge in [-0.2, -0.15) is 0 Å². The molecule has 21 heavy (non-hydrogen) atoms. The lowest BCUT2D eigenvalue weighted by molar-refractivity contribution is 0.547. The Kier molecular flexibility index (Phi) is 3.73. The number of aryl methyl sites for hydroxylation is 1. The van der Waals surface area contributed by atoms with Crippen LogP contribution in [0.4, 0.5) is 5.13 Å². The highest BCUT2D eigenvalue weighted by Crippen LogP contribution is 2.30. The number of sulfonamides is 1. The molecule has 2 N–H and O–H groups in total. The minimum absolute atomic E-state index is 0.112. The molecule has 1 atom stereocenters. The summed E-state index contributed by atoms with van der Waals surface area (Å²) in [4.78, 5) is 6.26. The number of nitrogens with zero attached hydrogens (tertiary/aromatic N) is 2. The highest BCUT2D eigenvalue weighted by atomic mass is 32.2. The molecule has 112 valence electrons. The van der Waals surface area contributed by atoms with Gasteiger partial charge in [0.1, 0.15) is 0 Å².